The number of aromatic nitrogens is 4. The Bertz CT molecular complexity index is 1380. The minimum absolute atomic E-state index is 0.0550. The molecule has 1 aliphatic rings. The molecule has 5 rings (SSSR count). The van der Waals surface area contributed by atoms with Gasteiger partial charge in [-0.25, -0.2) is 14.6 Å². The van der Waals surface area contributed by atoms with E-state index in [0.717, 1.165) is 77.1 Å². The minimum atomic E-state index is -0.806. The second-order valence-electron chi connectivity index (χ2n) is 9.51. The number of benzene rings is 1. The predicted molar refractivity (Wildman–Crippen MR) is 142 cm³/mol. The van der Waals surface area contributed by atoms with E-state index < -0.39 is 5.97 Å². The molecule has 186 valence electrons. The van der Waals surface area contributed by atoms with Crippen LogP contribution < -0.4 is 5.32 Å². The molecule has 4 heterocycles. The molecule has 2 N–H and O–H groups in total. The van der Waals surface area contributed by atoms with Crippen molar-refractivity contribution in [2.75, 3.05) is 11.9 Å². The number of aliphatic carboxylic acids is 1. The summed E-state index contributed by atoms with van der Waals surface area (Å²) < 4.78 is 1.90. The van der Waals surface area contributed by atoms with Crippen LogP contribution in [0.3, 0.4) is 0 Å². The largest absolute Gasteiger partial charge is 0.481 e. The van der Waals surface area contributed by atoms with Crippen LogP contribution in [0.2, 0.25) is 0 Å². The maximum atomic E-state index is 11.7. The second-order valence-corrected chi connectivity index (χ2v) is 10.4. The number of nitrogens with one attached hydrogen (secondary N) is 1. The molecule has 1 aromatic carbocycles. The summed E-state index contributed by atoms with van der Waals surface area (Å²) in [5.74, 6) is 0.0552. The normalized spacial score (nSPS) is 13.7. The van der Waals surface area contributed by atoms with E-state index in [1.54, 1.807) is 11.3 Å². The highest BCUT2D eigenvalue weighted by molar-refractivity contribution is 7.09. The van der Waals surface area contributed by atoms with Gasteiger partial charge in [-0.3, -0.25) is 4.79 Å². The number of nitrogens with zero attached hydrogens (tertiary/aromatic N) is 4. The van der Waals surface area contributed by atoms with E-state index in [-0.39, 0.29) is 12.3 Å². The Morgan fingerprint density at radius 2 is 2.03 bits per heavy atom. The Kier molecular flexibility index (Phi) is 7.13. The van der Waals surface area contributed by atoms with Gasteiger partial charge >= 0.3 is 5.97 Å². The van der Waals surface area contributed by atoms with Crippen molar-refractivity contribution in [3.63, 3.8) is 0 Å². The van der Waals surface area contributed by atoms with Crippen LogP contribution in [0.25, 0.3) is 5.69 Å². The zero-order valence-electron chi connectivity index (χ0n) is 20.7. The Balaban J connectivity index is 1.29. The quantitative estimate of drug-likeness (QED) is 0.324. The molecule has 0 radical (unpaired) electrons. The van der Waals surface area contributed by atoms with Crippen molar-refractivity contribution in [2.24, 2.45) is 0 Å². The first-order valence-electron chi connectivity index (χ1n) is 12.5. The van der Waals surface area contributed by atoms with Gasteiger partial charge in [0.1, 0.15) is 5.82 Å². The minimum Gasteiger partial charge on any atom is -0.481 e. The molecule has 0 aliphatic carbocycles. The molecule has 8 heteroatoms. The number of carboxylic acid groups (broad SMARTS) is 1. The van der Waals surface area contributed by atoms with Crippen LogP contribution in [0.15, 0.2) is 47.8 Å². The van der Waals surface area contributed by atoms with E-state index in [9.17, 15) is 9.90 Å². The molecule has 1 aliphatic heterocycles. The molecule has 1 unspecified atom stereocenters. The number of hydrogen-bond acceptors (Lipinski definition) is 6. The van der Waals surface area contributed by atoms with Crippen molar-refractivity contribution in [2.45, 2.75) is 58.3 Å². The lowest BCUT2D eigenvalue weighted by Crippen LogP contribution is -2.14. The van der Waals surface area contributed by atoms with Crippen molar-refractivity contribution < 1.29 is 9.90 Å². The van der Waals surface area contributed by atoms with Crippen molar-refractivity contribution in [1.29, 1.82) is 0 Å². The number of carboxylic acids is 1. The highest BCUT2D eigenvalue weighted by Gasteiger charge is 2.19. The van der Waals surface area contributed by atoms with Crippen molar-refractivity contribution >= 4 is 23.1 Å². The van der Waals surface area contributed by atoms with Gasteiger partial charge in [-0.15, -0.1) is 11.3 Å². The van der Waals surface area contributed by atoms with E-state index in [0.29, 0.717) is 6.42 Å². The van der Waals surface area contributed by atoms with Crippen LogP contribution in [-0.4, -0.2) is 37.4 Å². The standard InChI is InChI=1S/C28H31N5O2S/c1-18-13-19(2)33(32-18)25-7-3-5-21(15-25)22(16-27(34)35)14-24-17-36-26(30-24)11-10-23-9-8-20-6-4-12-29-28(20)31-23/h3,5,7-9,13,15,17,22H,4,6,10-12,14,16H2,1-2H3,(H,29,31)(H,34,35). The maximum Gasteiger partial charge on any atom is 0.303 e. The summed E-state index contributed by atoms with van der Waals surface area (Å²) in [7, 11) is 0. The third kappa shape index (κ3) is 5.65. The molecule has 0 saturated carbocycles. The Morgan fingerprint density at radius 1 is 1.14 bits per heavy atom. The average molecular weight is 502 g/mol. The van der Waals surface area contributed by atoms with Gasteiger partial charge in [0.15, 0.2) is 0 Å². The molecule has 0 fully saturated rings. The number of anilines is 1. The smallest absolute Gasteiger partial charge is 0.303 e. The first kappa shape index (κ1) is 24.2. The number of thiazole rings is 1. The van der Waals surface area contributed by atoms with Crippen LogP contribution in [-0.2, 0) is 30.5 Å². The number of rotatable bonds is 9. The summed E-state index contributed by atoms with van der Waals surface area (Å²) in [4.78, 5) is 21.3. The SMILES string of the molecule is Cc1cc(C)n(-c2cccc(C(CC(=O)O)Cc3csc(CCc4ccc5c(n4)NCCC5)n3)c2)n1. The number of hydrogen-bond donors (Lipinski definition) is 2. The Morgan fingerprint density at radius 3 is 2.83 bits per heavy atom. The van der Waals surface area contributed by atoms with Crippen LogP contribution in [0.5, 0.6) is 0 Å². The molecule has 7 nitrogen and oxygen atoms in total. The molecule has 0 saturated heterocycles. The van der Waals surface area contributed by atoms with Crippen LogP contribution in [0, 0.1) is 13.8 Å². The van der Waals surface area contributed by atoms with Gasteiger partial charge in [0.05, 0.1) is 28.5 Å². The number of aryl methyl sites for hydroxylation is 5. The lowest BCUT2D eigenvalue weighted by molar-refractivity contribution is -0.137. The van der Waals surface area contributed by atoms with E-state index in [4.69, 9.17) is 9.97 Å². The Hall–Kier alpha value is -3.52. The average Bonchev–Trinajstić information content (AvgIpc) is 3.47. The zero-order chi connectivity index (χ0) is 25.1. The molecule has 1 atom stereocenters. The van der Waals surface area contributed by atoms with E-state index in [1.807, 2.05) is 42.8 Å². The van der Waals surface area contributed by atoms with Gasteiger partial charge in [0.2, 0.25) is 0 Å². The molecular weight excluding hydrogens is 470 g/mol. The monoisotopic (exact) mass is 501 g/mol. The first-order valence-corrected chi connectivity index (χ1v) is 13.3. The number of fused-ring (bicyclic) bond motifs is 1. The van der Waals surface area contributed by atoms with E-state index in [1.165, 1.54) is 5.56 Å². The maximum absolute atomic E-state index is 11.7. The van der Waals surface area contributed by atoms with E-state index in [2.05, 4.69) is 34.0 Å². The van der Waals surface area contributed by atoms with Gasteiger partial charge in [0.25, 0.3) is 0 Å². The molecular formula is C28H31N5O2S. The molecule has 3 aromatic heterocycles. The van der Waals surface area contributed by atoms with Crippen molar-refractivity contribution in [3.8, 4) is 5.69 Å². The van der Waals surface area contributed by atoms with Gasteiger partial charge in [-0.2, -0.15) is 5.10 Å². The fraction of sp³-hybridized carbons (Fsp3) is 0.357. The van der Waals surface area contributed by atoms with Crippen LogP contribution in [0.4, 0.5) is 5.82 Å². The number of carbonyl (C=O) groups is 1. The third-order valence-electron chi connectivity index (χ3n) is 6.62. The summed E-state index contributed by atoms with van der Waals surface area (Å²) in [5.41, 5.74) is 7.25. The van der Waals surface area contributed by atoms with Crippen molar-refractivity contribution in [1.82, 2.24) is 19.7 Å². The van der Waals surface area contributed by atoms with Gasteiger partial charge < -0.3 is 10.4 Å². The van der Waals surface area contributed by atoms with Gasteiger partial charge in [-0.05, 0) is 80.8 Å². The summed E-state index contributed by atoms with van der Waals surface area (Å²) in [6.45, 7) is 4.98. The lowest BCUT2D eigenvalue weighted by atomic mass is 9.91. The molecule has 4 aromatic rings. The summed E-state index contributed by atoms with van der Waals surface area (Å²) in [6, 6.07) is 14.4. The molecule has 0 amide bonds. The summed E-state index contributed by atoms with van der Waals surface area (Å²) >= 11 is 1.64. The van der Waals surface area contributed by atoms with Gasteiger partial charge in [0, 0.05) is 29.7 Å². The summed E-state index contributed by atoms with van der Waals surface area (Å²) in [6.07, 6.45) is 4.56. The fourth-order valence-corrected chi connectivity index (χ4v) is 5.68. The third-order valence-corrected chi connectivity index (χ3v) is 7.58. The highest BCUT2D eigenvalue weighted by atomic mass is 32.1. The second kappa shape index (κ2) is 10.6. The topological polar surface area (TPSA) is 92.9 Å². The van der Waals surface area contributed by atoms with Crippen LogP contribution >= 0.6 is 11.3 Å². The van der Waals surface area contributed by atoms with Gasteiger partial charge in [-0.1, -0.05) is 18.2 Å². The molecule has 0 bridgehead atoms. The molecule has 0 spiro atoms. The predicted octanol–water partition coefficient (Wildman–Crippen LogP) is 5.28. The van der Waals surface area contributed by atoms with Crippen LogP contribution in [0.1, 0.15) is 57.7 Å². The fourth-order valence-electron chi connectivity index (χ4n) is 4.87. The first-order chi connectivity index (χ1) is 17.4. The number of pyridine rings is 1. The van der Waals surface area contributed by atoms with E-state index >= 15 is 0 Å². The van der Waals surface area contributed by atoms with Crippen molar-refractivity contribution in [3.05, 3.63) is 86.8 Å². The Labute approximate surface area is 215 Å². The highest BCUT2D eigenvalue weighted by Crippen LogP contribution is 2.28. The summed E-state index contributed by atoms with van der Waals surface area (Å²) in [5, 5.41) is 20.7. The zero-order valence-corrected chi connectivity index (χ0v) is 21.5. The molecule has 36 heavy (non-hydrogen) atoms. The lowest BCUT2D eigenvalue weighted by Gasteiger charge is -2.17.